The molecule has 0 saturated carbocycles. The number of carbonyl (C=O) groups excluding carboxylic acids is 8. The first-order chi connectivity index (χ1) is 65.0. The smallest absolute Gasteiger partial charge is 0.280 e. The van der Waals surface area contributed by atoms with Crippen LogP contribution in [0.2, 0.25) is 0 Å². The molecule has 6 saturated heterocycles. The fourth-order valence-electron chi connectivity index (χ4n) is 16.8. The van der Waals surface area contributed by atoms with E-state index in [9.17, 15) is 88.4 Å². The minimum absolute atomic E-state index is 0.00619. The van der Waals surface area contributed by atoms with Crippen molar-refractivity contribution >= 4 is 126 Å². The van der Waals surface area contributed by atoms with Crippen LogP contribution in [0.25, 0.3) is 41.8 Å². The van der Waals surface area contributed by atoms with E-state index in [0.29, 0.717) is 72.2 Å². The first-order valence-electron chi connectivity index (χ1n) is 46.7. The Morgan fingerprint density at radius 3 is 0.942 bits per heavy atom. The summed E-state index contributed by atoms with van der Waals surface area (Å²) in [6, 6.07) is 4.67. The third-order valence-electron chi connectivity index (χ3n) is 24.4. The number of rotatable bonds is 27. The molecular formula is C95H128F6N20O13S5. The van der Waals surface area contributed by atoms with Gasteiger partial charge in [-0.1, -0.05) is 13.8 Å². The molecule has 6 fully saturated rings. The van der Waals surface area contributed by atoms with Gasteiger partial charge in [-0.25, -0.2) is 74.6 Å². The predicted octanol–water partition coefficient (Wildman–Crippen LogP) is 14.9. The maximum atomic E-state index is 14.1. The van der Waals surface area contributed by atoms with Gasteiger partial charge in [0.1, 0.15) is 55.9 Å². The Morgan fingerprint density at radius 1 is 0.424 bits per heavy atom. The van der Waals surface area contributed by atoms with E-state index in [1.807, 2.05) is 91.5 Å². The van der Waals surface area contributed by atoms with Crippen LogP contribution in [0, 0.1) is 27.7 Å². The molecule has 2 bridgehead atoms. The molecule has 8 aromatic rings. The summed E-state index contributed by atoms with van der Waals surface area (Å²) >= 11 is 4.20. The number of thiazole rings is 4. The fraction of sp³-hybridized carbons (Fsp3) is 0.579. The molecule has 758 valence electrons. The van der Waals surface area contributed by atoms with Crippen molar-refractivity contribution in [3.8, 4) is 41.8 Å². The van der Waals surface area contributed by atoms with Crippen molar-refractivity contribution in [1.82, 2.24) is 80.7 Å². The van der Waals surface area contributed by atoms with Crippen molar-refractivity contribution in [2.45, 2.75) is 304 Å². The number of anilines is 4. The number of fused-ring (bicyclic) bond motifs is 2. The number of halogens is 6. The number of amides is 8. The van der Waals surface area contributed by atoms with Crippen molar-refractivity contribution < 1.29 is 88.4 Å². The van der Waals surface area contributed by atoms with Crippen LogP contribution in [0.1, 0.15) is 285 Å². The molecule has 0 aliphatic carbocycles. The second-order valence-corrected chi connectivity index (χ2v) is 45.6. The fourth-order valence-corrected chi connectivity index (χ4v) is 22.5. The van der Waals surface area contributed by atoms with Crippen molar-refractivity contribution in [3.63, 3.8) is 0 Å². The number of hydrogen-bond acceptors (Lipinski definition) is 29. The Morgan fingerprint density at radius 2 is 0.691 bits per heavy atom. The number of aromatic nitrogens is 8. The Bertz CT molecular complexity index is 5910. The van der Waals surface area contributed by atoms with Crippen molar-refractivity contribution in [2.24, 2.45) is 0 Å². The highest BCUT2D eigenvalue weighted by Gasteiger charge is 2.51. The quantitative estimate of drug-likeness (QED) is 0.0213. The minimum atomic E-state index is -3.10. The van der Waals surface area contributed by atoms with E-state index >= 15 is 0 Å². The second kappa shape index (κ2) is 44.8. The topological polar surface area (TPSA) is 444 Å². The summed E-state index contributed by atoms with van der Waals surface area (Å²) in [5, 5.41) is 52.0. The van der Waals surface area contributed by atoms with Gasteiger partial charge >= 0.3 is 0 Å². The summed E-state index contributed by atoms with van der Waals surface area (Å²) in [4.78, 5) is 148. The van der Waals surface area contributed by atoms with Gasteiger partial charge in [-0.3, -0.25) is 38.4 Å². The molecule has 0 aromatic carbocycles. The normalized spacial score (nSPS) is 20.1. The van der Waals surface area contributed by atoms with E-state index in [2.05, 4.69) is 117 Å². The van der Waals surface area contributed by atoms with E-state index in [1.165, 1.54) is 11.3 Å². The summed E-state index contributed by atoms with van der Waals surface area (Å²) < 4.78 is 108. The number of hydrogen-bond donors (Lipinski definition) is 11. The first-order valence-corrected chi connectivity index (χ1v) is 51.8. The average Bonchev–Trinajstić information content (AvgIpc) is 1.63. The Labute approximate surface area is 822 Å². The van der Waals surface area contributed by atoms with Crippen LogP contribution >= 0.6 is 45.3 Å². The van der Waals surface area contributed by atoms with Crippen molar-refractivity contribution in [2.75, 3.05) is 72.2 Å². The van der Waals surface area contributed by atoms with Gasteiger partial charge in [-0.05, 0) is 223 Å². The summed E-state index contributed by atoms with van der Waals surface area (Å²) in [6.07, 6.45) is 11.8. The molecule has 14 rings (SSSR count). The van der Waals surface area contributed by atoms with Crippen LogP contribution in [0.3, 0.4) is 0 Å². The number of aliphatic hydroxyl groups is 3. The lowest BCUT2D eigenvalue weighted by Gasteiger charge is -2.22. The van der Waals surface area contributed by atoms with E-state index in [-0.39, 0.29) is 122 Å². The number of aliphatic hydroxyl groups excluding tert-OH is 3. The van der Waals surface area contributed by atoms with Crippen LogP contribution in [0.5, 0.6) is 0 Å². The van der Waals surface area contributed by atoms with E-state index in [1.54, 1.807) is 66.3 Å². The van der Waals surface area contributed by atoms with Gasteiger partial charge in [-0.2, -0.15) is 0 Å². The minimum Gasteiger partial charge on any atom is -0.394 e. The van der Waals surface area contributed by atoms with Crippen molar-refractivity contribution in [3.05, 3.63) is 114 Å². The number of aryl methyl sites for hydroxylation is 4. The lowest BCUT2D eigenvalue weighted by atomic mass is 10.0. The largest absolute Gasteiger partial charge is 0.394 e. The van der Waals surface area contributed by atoms with Gasteiger partial charge in [0.2, 0.25) is 0 Å². The highest BCUT2D eigenvalue weighted by atomic mass is 32.2. The number of likely N-dealkylation sites (tertiary alicyclic amines) is 3. The number of nitrogens with one attached hydrogen (secondary N) is 8. The maximum absolute atomic E-state index is 14.1. The van der Waals surface area contributed by atoms with Gasteiger partial charge in [0.25, 0.3) is 65.0 Å². The predicted molar refractivity (Wildman–Crippen MR) is 527 cm³/mol. The maximum Gasteiger partial charge on any atom is 0.280 e. The Hall–Kier alpha value is -10.5. The van der Waals surface area contributed by atoms with E-state index in [4.69, 9.17) is 0 Å². The highest BCUT2D eigenvalue weighted by molar-refractivity contribution is 7.91. The number of sulfone groups is 1. The second-order valence-electron chi connectivity index (χ2n) is 39.3. The lowest BCUT2D eigenvalue weighted by molar-refractivity contribution is 0.0115. The zero-order valence-electron chi connectivity index (χ0n) is 82.0. The van der Waals surface area contributed by atoms with Crippen molar-refractivity contribution in [1.29, 1.82) is 0 Å². The van der Waals surface area contributed by atoms with Gasteiger partial charge < -0.3 is 77.5 Å². The van der Waals surface area contributed by atoms with Crippen LogP contribution < -0.4 is 42.5 Å². The van der Waals surface area contributed by atoms with E-state index < -0.39 is 138 Å². The molecule has 0 unspecified atom stereocenters. The highest BCUT2D eigenvalue weighted by Crippen LogP contribution is 2.46. The molecule has 6 aliphatic heterocycles. The third kappa shape index (κ3) is 27.6. The number of alkyl halides is 6. The lowest BCUT2D eigenvalue weighted by Crippen LogP contribution is -2.41. The molecule has 33 nitrogen and oxygen atoms in total. The molecule has 8 aromatic heterocycles. The summed E-state index contributed by atoms with van der Waals surface area (Å²) in [5.74, 6) is -10.3. The summed E-state index contributed by atoms with van der Waals surface area (Å²) in [7, 11) is -3.10. The number of nitrogens with zero attached hydrogens (tertiary/aromatic N) is 12. The van der Waals surface area contributed by atoms with Crippen LogP contribution in [-0.2, 0) is 9.84 Å². The molecule has 139 heavy (non-hydrogen) atoms. The molecule has 6 aliphatic rings. The van der Waals surface area contributed by atoms with Gasteiger partial charge in [0.15, 0.2) is 20.0 Å². The summed E-state index contributed by atoms with van der Waals surface area (Å²) in [5.41, 5.74) is 5.71. The van der Waals surface area contributed by atoms with Gasteiger partial charge in [0, 0.05) is 144 Å². The zero-order chi connectivity index (χ0) is 102. The molecule has 0 spiro atoms. The van der Waals surface area contributed by atoms with Crippen LogP contribution in [-0.4, -0.2) is 277 Å². The standard InChI is InChI=1S/C25H33F2N5O4S2.C24H33N5O3S.2C23H31F2N5O3S/c1-5-15(3)29-19-10-14(2)18(12-28-19)21-20(24(34)32-13-25(26,27)11-16(32)4)31-23(37-21)22(33)30-17-6-8-38(35,36)9-7-17;1-13-10-18(28-24(3,4)5)25-11-17(13)20-19(23(32)29-15-6-7-16(29)9-8-15)27-22(33-20)21(31)26-14(2)12-30;1-12-7-16(29-22(4,5)6)26-9-15(12)18-17(21(33)30-11-23(24,25)8-14(30)3)28-20(34-18)19(32)27-13(2)10-31;1-6-13(3)27-17-7-12(2)16(9-26-17)19-18(22(33)30-11-23(24,25)8-15(30)5)29-21(34-19)20(32)28-14(4)10-31/h10,12,15-17H,5-9,11,13H2,1-4H3,(H,28,29)(H,30,33);10-11,14-16,30H,6-9,12H2,1-5H3,(H,25,28)(H,26,31);7,9,13-14,31H,8,10-11H2,1-6H3,(H,26,29)(H,27,32);7,9,13-15,31H,6,8,10-11H2,1-5H3,(H,26,27)(H,28,32)/t15-,16+;14-,15?,16?;13-,14+;13-,14-,15+/m1111/s1. The van der Waals surface area contributed by atoms with Gasteiger partial charge in [-0.15, -0.1) is 45.3 Å². The molecule has 0 radical (unpaired) electrons. The zero-order valence-corrected chi connectivity index (χ0v) is 86.1. The molecule has 8 amide bonds. The Kier molecular flexibility index (Phi) is 35.1. The van der Waals surface area contributed by atoms with Gasteiger partial charge in [0.05, 0.1) is 70.5 Å². The van der Waals surface area contributed by atoms with Crippen LogP contribution in [0.15, 0.2) is 49.1 Å². The molecule has 44 heteroatoms. The average molecular weight is 2030 g/mol. The summed E-state index contributed by atoms with van der Waals surface area (Å²) in [6.45, 7) is 34.8. The molecule has 8 atom stereocenters. The third-order valence-corrected chi connectivity index (χ3v) is 30.5. The first kappa shape index (κ1) is 109. The Balaban J connectivity index is 0.000000178. The molecule has 14 heterocycles. The SMILES string of the molecule is CC[C@@H](C)Nc1cc(C)c(-c2sc(C(=O)NC3CCS(=O)(=O)CC3)nc2C(=O)N2CC(F)(F)C[C@@H]2C)cn1.CC[C@@H](C)Nc1cc(C)c(-c2sc(C(=O)N[C@H](C)CO)nc2C(=O)N2CC(F)(F)C[C@@H]2C)cn1.Cc1cc(NC(C)(C)C)ncc1-c1sc(C(=O)N[C@H](C)CO)nc1C(=O)N1C2CCC1CC2.Cc1cc(NC(C)(C)C)ncc1-c1sc(C(=O)N[C@H](C)CO)nc1C(=O)N1CC(F)(F)C[C@@H]1C. The molecule has 11 N–H and O–H groups in total. The van der Waals surface area contributed by atoms with Crippen LogP contribution in [0.4, 0.5) is 49.6 Å². The van der Waals surface area contributed by atoms with E-state index in [0.717, 1.165) is 121 Å². The number of pyridine rings is 4. The molecular weight excluding hydrogens is 1900 g/mol. The monoisotopic (exact) mass is 2030 g/mol. The number of carbonyl (C=O) groups is 8.